The molecule has 1 aromatic rings. The molecule has 0 unspecified atom stereocenters. The van der Waals surface area contributed by atoms with E-state index < -0.39 is 0 Å². The molecule has 0 amide bonds. The summed E-state index contributed by atoms with van der Waals surface area (Å²) in [6, 6.07) is 0. The molecule has 2 aliphatic rings. The van der Waals surface area contributed by atoms with Gasteiger partial charge in [-0.05, 0) is 12.8 Å². The van der Waals surface area contributed by atoms with Crippen LogP contribution >= 0.6 is 11.3 Å². The SMILES string of the molecule is OCC1(CNCc2cnc(C3CCC3)s2)COC1. The molecule has 2 N–H and O–H groups in total. The molecule has 2 fully saturated rings. The second-order valence-electron chi connectivity index (χ2n) is 5.55. The molecule has 100 valence electrons. The van der Waals surface area contributed by atoms with E-state index in [0.717, 1.165) is 19.0 Å². The molecule has 4 nitrogen and oxygen atoms in total. The van der Waals surface area contributed by atoms with Gasteiger partial charge in [-0.2, -0.15) is 0 Å². The Labute approximate surface area is 111 Å². The van der Waals surface area contributed by atoms with Gasteiger partial charge in [-0.3, -0.25) is 0 Å². The molecular weight excluding hydrogens is 248 g/mol. The Balaban J connectivity index is 1.46. The van der Waals surface area contributed by atoms with Gasteiger partial charge in [0.05, 0.1) is 30.2 Å². The van der Waals surface area contributed by atoms with Gasteiger partial charge in [0.2, 0.25) is 0 Å². The van der Waals surface area contributed by atoms with Gasteiger partial charge in [-0.1, -0.05) is 6.42 Å². The number of hydrogen-bond donors (Lipinski definition) is 2. The largest absolute Gasteiger partial charge is 0.396 e. The maximum atomic E-state index is 9.32. The summed E-state index contributed by atoms with van der Waals surface area (Å²) >= 11 is 1.83. The molecule has 0 bridgehead atoms. The van der Waals surface area contributed by atoms with Crippen LogP contribution in [0.4, 0.5) is 0 Å². The zero-order chi connectivity index (χ0) is 12.4. The number of thiazole rings is 1. The Hall–Kier alpha value is -0.490. The summed E-state index contributed by atoms with van der Waals surface area (Å²) in [5.74, 6) is 0.729. The fourth-order valence-electron chi connectivity index (χ4n) is 2.34. The van der Waals surface area contributed by atoms with Crippen LogP contribution < -0.4 is 5.32 Å². The molecule has 3 rings (SSSR count). The van der Waals surface area contributed by atoms with Gasteiger partial charge in [-0.25, -0.2) is 4.98 Å². The lowest BCUT2D eigenvalue weighted by Crippen LogP contribution is -2.52. The van der Waals surface area contributed by atoms with E-state index in [1.54, 1.807) is 0 Å². The van der Waals surface area contributed by atoms with Gasteiger partial charge in [0.25, 0.3) is 0 Å². The van der Waals surface area contributed by atoms with Crippen LogP contribution in [0.3, 0.4) is 0 Å². The van der Waals surface area contributed by atoms with Crippen molar-refractivity contribution in [3.05, 3.63) is 16.1 Å². The third-order valence-electron chi connectivity index (χ3n) is 3.98. The molecule has 1 aromatic heterocycles. The first-order chi connectivity index (χ1) is 8.81. The lowest BCUT2D eigenvalue weighted by molar-refractivity contribution is -0.134. The summed E-state index contributed by atoms with van der Waals surface area (Å²) < 4.78 is 5.18. The predicted octanol–water partition coefficient (Wildman–Crippen LogP) is 1.51. The van der Waals surface area contributed by atoms with E-state index in [-0.39, 0.29) is 12.0 Å². The van der Waals surface area contributed by atoms with Gasteiger partial charge in [0.1, 0.15) is 0 Å². The van der Waals surface area contributed by atoms with Crippen LogP contribution in [0.2, 0.25) is 0 Å². The third-order valence-corrected chi connectivity index (χ3v) is 5.14. The van der Waals surface area contributed by atoms with E-state index in [9.17, 15) is 5.11 Å². The first-order valence-electron chi connectivity index (χ1n) is 6.65. The maximum Gasteiger partial charge on any atom is 0.0959 e. The highest BCUT2D eigenvalue weighted by atomic mass is 32.1. The topological polar surface area (TPSA) is 54.4 Å². The van der Waals surface area contributed by atoms with Crippen molar-refractivity contribution in [1.29, 1.82) is 0 Å². The summed E-state index contributed by atoms with van der Waals surface area (Å²) in [4.78, 5) is 5.81. The molecule has 18 heavy (non-hydrogen) atoms. The number of aromatic nitrogens is 1. The van der Waals surface area contributed by atoms with Gasteiger partial charge < -0.3 is 15.2 Å². The third kappa shape index (κ3) is 2.45. The summed E-state index contributed by atoms with van der Waals surface area (Å²) in [6.07, 6.45) is 5.97. The lowest BCUT2D eigenvalue weighted by atomic mass is 9.86. The molecule has 0 atom stereocenters. The fourth-order valence-corrected chi connectivity index (χ4v) is 3.40. The number of nitrogens with zero attached hydrogens (tertiary/aromatic N) is 1. The summed E-state index contributed by atoms with van der Waals surface area (Å²) in [7, 11) is 0. The number of aliphatic hydroxyl groups excluding tert-OH is 1. The zero-order valence-corrected chi connectivity index (χ0v) is 11.3. The van der Waals surface area contributed by atoms with Crippen molar-refractivity contribution >= 4 is 11.3 Å². The average Bonchev–Trinajstić information content (AvgIpc) is 2.68. The summed E-state index contributed by atoms with van der Waals surface area (Å²) in [5, 5.41) is 14.0. The van der Waals surface area contributed by atoms with Crippen LogP contribution in [0.25, 0.3) is 0 Å². The van der Waals surface area contributed by atoms with Gasteiger partial charge in [0, 0.05) is 30.1 Å². The molecule has 1 aliphatic heterocycles. The van der Waals surface area contributed by atoms with Crippen molar-refractivity contribution in [2.45, 2.75) is 31.7 Å². The smallest absolute Gasteiger partial charge is 0.0959 e. The average molecular weight is 268 g/mol. The van der Waals surface area contributed by atoms with Crippen LogP contribution in [0, 0.1) is 5.41 Å². The molecule has 0 spiro atoms. The second kappa shape index (κ2) is 5.25. The quantitative estimate of drug-likeness (QED) is 0.821. The van der Waals surface area contributed by atoms with Crippen LogP contribution in [0.1, 0.15) is 35.1 Å². The van der Waals surface area contributed by atoms with Crippen molar-refractivity contribution in [1.82, 2.24) is 10.3 Å². The van der Waals surface area contributed by atoms with E-state index in [0.29, 0.717) is 13.2 Å². The van der Waals surface area contributed by atoms with Crippen LogP contribution in [-0.4, -0.2) is 36.5 Å². The van der Waals surface area contributed by atoms with Crippen molar-refractivity contribution in [3.63, 3.8) is 0 Å². The first kappa shape index (κ1) is 12.5. The highest BCUT2D eigenvalue weighted by Gasteiger charge is 2.37. The molecule has 1 aliphatic carbocycles. The Morgan fingerprint density at radius 1 is 1.50 bits per heavy atom. The molecule has 5 heteroatoms. The Bertz CT molecular complexity index is 394. The number of hydrogen-bond acceptors (Lipinski definition) is 5. The number of ether oxygens (including phenoxy) is 1. The Morgan fingerprint density at radius 3 is 2.89 bits per heavy atom. The minimum Gasteiger partial charge on any atom is -0.396 e. The van der Waals surface area contributed by atoms with E-state index in [2.05, 4.69) is 10.3 Å². The number of rotatable bonds is 6. The minimum absolute atomic E-state index is 0.0402. The molecule has 1 saturated heterocycles. The molecule has 2 heterocycles. The highest BCUT2D eigenvalue weighted by molar-refractivity contribution is 7.11. The van der Waals surface area contributed by atoms with E-state index >= 15 is 0 Å². The van der Waals surface area contributed by atoms with Crippen molar-refractivity contribution in [2.24, 2.45) is 5.41 Å². The zero-order valence-electron chi connectivity index (χ0n) is 10.5. The van der Waals surface area contributed by atoms with Gasteiger partial charge in [0.15, 0.2) is 0 Å². The van der Waals surface area contributed by atoms with E-state index in [1.165, 1.54) is 29.1 Å². The Kier molecular flexibility index (Phi) is 3.66. The van der Waals surface area contributed by atoms with Crippen LogP contribution in [0.5, 0.6) is 0 Å². The summed E-state index contributed by atoms with van der Waals surface area (Å²) in [5.41, 5.74) is -0.0402. The first-order valence-corrected chi connectivity index (χ1v) is 7.47. The van der Waals surface area contributed by atoms with Crippen molar-refractivity contribution < 1.29 is 9.84 Å². The standard InChI is InChI=1S/C13H20N2O2S/c16-7-13(8-17-9-13)6-14-4-11-5-15-12(18-11)10-2-1-3-10/h5,10,14,16H,1-4,6-9H2. The maximum absolute atomic E-state index is 9.32. The Morgan fingerprint density at radius 2 is 2.33 bits per heavy atom. The van der Waals surface area contributed by atoms with Crippen LogP contribution in [-0.2, 0) is 11.3 Å². The monoisotopic (exact) mass is 268 g/mol. The predicted molar refractivity (Wildman–Crippen MR) is 70.8 cm³/mol. The normalized spacial score (nSPS) is 22.5. The van der Waals surface area contributed by atoms with E-state index in [4.69, 9.17) is 4.74 Å². The second-order valence-corrected chi connectivity index (χ2v) is 6.69. The van der Waals surface area contributed by atoms with Crippen molar-refractivity contribution in [2.75, 3.05) is 26.4 Å². The molecule has 0 aromatic carbocycles. The van der Waals surface area contributed by atoms with Crippen molar-refractivity contribution in [3.8, 4) is 0 Å². The lowest BCUT2D eigenvalue weighted by Gasteiger charge is -2.39. The van der Waals surface area contributed by atoms with Gasteiger partial charge in [-0.15, -0.1) is 11.3 Å². The number of nitrogens with one attached hydrogen (secondary N) is 1. The highest BCUT2D eigenvalue weighted by Crippen LogP contribution is 2.38. The van der Waals surface area contributed by atoms with Gasteiger partial charge >= 0.3 is 0 Å². The summed E-state index contributed by atoms with van der Waals surface area (Å²) in [6.45, 7) is 3.22. The van der Waals surface area contributed by atoms with E-state index in [1.807, 2.05) is 17.5 Å². The fraction of sp³-hybridized carbons (Fsp3) is 0.769. The molecule has 1 saturated carbocycles. The molecule has 0 radical (unpaired) electrons. The minimum atomic E-state index is -0.0402. The molecular formula is C13H20N2O2S. The number of aliphatic hydroxyl groups is 1. The van der Waals surface area contributed by atoms with Crippen LogP contribution in [0.15, 0.2) is 6.20 Å².